The molecular formula is C13H23N3O. The van der Waals surface area contributed by atoms with Crippen LogP contribution in [0, 0.1) is 5.92 Å². The summed E-state index contributed by atoms with van der Waals surface area (Å²) in [6.07, 6.45) is 1.00. The molecule has 2 heterocycles. The molecule has 0 aromatic carbocycles. The number of rotatable bonds is 5. The third-order valence-electron chi connectivity index (χ3n) is 3.28. The van der Waals surface area contributed by atoms with E-state index in [9.17, 15) is 0 Å². The Labute approximate surface area is 103 Å². The molecule has 17 heavy (non-hydrogen) atoms. The van der Waals surface area contributed by atoms with Gasteiger partial charge >= 0.3 is 0 Å². The Morgan fingerprint density at radius 1 is 1.47 bits per heavy atom. The highest BCUT2D eigenvalue weighted by Gasteiger charge is 2.22. The third-order valence-corrected chi connectivity index (χ3v) is 3.28. The lowest BCUT2D eigenvalue weighted by Crippen LogP contribution is -2.30. The van der Waals surface area contributed by atoms with Gasteiger partial charge in [-0.3, -0.25) is 4.90 Å². The van der Waals surface area contributed by atoms with Crippen molar-refractivity contribution in [2.45, 2.75) is 40.3 Å². The number of aromatic nitrogens is 1. The Kier molecular flexibility index (Phi) is 4.18. The van der Waals surface area contributed by atoms with Crippen molar-refractivity contribution in [3.8, 4) is 0 Å². The largest absolute Gasteiger partial charge is 0.361 e. The van der Waals surface area contributed by atoms with Crippen LogP contribution in [0.25, 0.3) is 0 Å². The molecule has 96 valence electrons. The summed E-state index contributed by atoms with van der Waals surface area (Å²) in [5.41, 5.74) is 2.41. The topological polar surface area (TPSA) is 41.3 Å². The van der Waals surface area contributed by atoms with Crippen LogP contribution in [0.5, 0.6) is 0 Å². The van der Waals surface area contributed by atoms with Gasteiger partial charge in [0.1, 0.15) is 11.5 Å². The average Bonchev–Trinajstić information content (AvgIpc) is 2.71. The van der Waals surface area contributed by atoms with E-state index in [1.54, 1.807) is 0 Å². The van der Waals surface area contributed by atoms with Crippen molar-refractivity contribution in [1.29, 1.82) is 0 Å². The zero-order valence-electron chi connectivity index (χ0n) is 11.1. The molecule has 0 amide bonds. The molecule has 0 radical (unpaired) electrons. The highest BCUT2D eigenvalue weighted by molar-refractivity contribution is 5.25. The number of nitrogens with one attached hydrogen (secondary N) is 1. The van der Waals surface area contributed by atoms with Gasteiger partial charge in [0.2, 0.25) is 0 Å². The molecule has 2 rings (SSSR count). The van der Waals surface area contributed by atoms with E-state index >= 15 is 0 Å². The molecule has 1 N–H and O–H groups in total. The smallest absolute Gasteiger partial charge is 0.142 e. The molecule has 0 spiro atoms. The second-order valence-electron chi connectivity index (χ2n) is 5.17. The number of nitrogens with zero attached hydrogens (tertiary/aromatic N) is 2. The molecule has 0 aliphatic carbocycles. The maximum Gasteiger partial charge on any atom is 0.142 e. The first-order valence-electron chi connectivity index (χ1n) is 6.60. The summed E-state index contributed by atoms with van der Waals surface area (Å²) >= 11 is 0. The maximum atomic E-state index is 5.42. The Morgan fingerprint density at radius 2 is 2.29 bits per heavy atom. The van der Waals surface area contributed by atoms with Gasteiger partial charge in [-0.15, -0.1) is 0 Å². The number of hydrogen-bond acceptors (Lipinski definition) is 4. The van der Waals surface area contributed by atoms with Crippen molar-refractivity contribution in [1.82, 2.24) is 15.4 Å². The molecule has 4 nitrogen and oxygen atoms in total. The zero-order chi connectivity index (χ0) is 12.3. The molecule has 0 saturated carbocycles. The van der Waals surface area contributed by atoms with Crippen molar-refractivity contribution >= 4 is 0 Å². The standard InChI is InChI=1S/C13H23N3O/c1-4-16-6-5-13-11(9-16)12(15-17-13)8-14-7-10(2)3/h10,14H,4-9H2,1-3H3. The van der Waals surface area contributed by atoms with Gasteiger partial charge in [-0.05, 0) is 19.0 Å². The van der Waals surface area contributed by atoms with Crippen molar-refractivity contribution in [2.75, 3.05) is 19.6 Å². The van der Waals surface area contributed by atoms with Gasteiger partial charge in [-0.1, -0.05) is 25.9 Å². The van der Waals surface area contributed by atoms with Gasteiger partial charge in [-0.2, -0.15) is 0 Å². The first-order valence-corrected chi connectivity index (χ1v) is 6.60. The summed E-state index contributed by atoms with van der Waals surface area (Å²) in [7, 11) is 0. The minimum absolute atomic E-state index is 0.671. The maximum absolute atomic E-state index is 5.42. The molecule has 4 heteroatoms. The summed E-state index contributed by atoms with van der Waals surface area (Å²) in [5, 5.41) is 7.63. The lowest BCUT2D eigenvalue weighted by molar-refractivity contribution is 0.247. The van der Waals surface area contributed by atoms with Gasteiger partial charge in [0.25, 0.3) is 0 Å². The van der Waals surface area contributed by atoms with Crippen molar-refractivity contribution in [3.63, 3.8) is 0 Å². The lowest BCUT2D eigenvalue weighted by atomic mass is 10.1. The highest BCUT2D eigenvalue weighted by Crippen LogP contribution is 2.22. The van der Waals surface area contributed by atoms with Gasteiger partial charge in [0.15, 0.2) is 0 Å². The van der Waals surface area contributed by atoms with E-state index < -0.39 is 0 Å². The summed E-state index contributed by atoms with van der Waals surface area (Å²) < 4.78 is 5.42. The van der Waals surface area contributed by atoms with E-state index in [4.69, 9.17) is 4.52 Å². The first-order chi connectivity index (χ1) is 8.20. The fraction of sp³-hybridized carbons (Fsp3) is 0.769. The Morgan fingerprint density at radius 3 is 3.00 bits per heavy atom. The Balaban J connectivity index is 1.97. The fourth-order valence-electron chi connectivity index (χ4n) is 2.21. The van der Waals surface area contributed by atoms with Gasteiger partial charge < -0.3 is 9.84 Å². The van der Waals surface area contributed by atoms with Gasteiger partial charge in [0, 0.05) is 31.6 Å². The molecule has 0 saturated heterocycles. The van der Waals surface area contributed by atoms with E-state index in [2.05, 4.69) is 36.1 Å². The van der Waals surface area contributed by atoms with Crippen molar-refractivity contribution in [2.24, 2.45) is 5.92 Å². The molecule has 1 aliphatic rings. The van der Waals surface area contributed by atoms with Crippen LogP contribution in [-0.2, 0) is 19.5 Å². The summed E-state index contributed by atoms with van der Waals surface area (Å²) in [6.45, 7) is 11.7. The molecule has 1 aromatic heterocycles. The first kappa shape index (κ1) is 12.6. The Bertz CT molecular complexity index is 360. The van der Waals surface area contributed by atoms with Gasteiger partial charge in [-0.25, -0.2) is 0 Å². The van der Waals surface area contributed by atoms with Crippen LogP contribution >= 0.6 is 0 Å². The number of hydrogen-bond donors (Lipinski definition) is 1. The van der Waals surface area contributed by atoms with Crippen LogP contribution < -0.4 is 5.32 Å². The summed E-state index contributed by atoms with van der Waals surface area (Å²) in [4.78, 5) is 2.44. The molecule has 0 bridgehead atoms. The van der Waals surface area contributed by atoms with Crippen LogP contribution in [-0.4, -0.2) is 29.7 Å². The molecule has 1 aromatic rings. The second kappa shape index (κ2) is 5.65. The molecular weight excluding hydrogens is 214 g/mol. The SMILES string of the molecule is CCN1CCc2onc(CNCC(C)C)c2C1. The van der Waals surface area contributed by atoms with E-state index in [0.717, 1.165) is 50.6 Å². The normalized spacial score (nSPS) is 16.5. The lowest BCUT2D eigenvalue weighted by Gasteiger charge is -2.24. The fourth-order valence-corrected chi connectivity index (χ4v) is 2.21. The minimum atomic E-state index is 0.671. The van der Waals surface area contributed by atoms with E-state index in [1.807, 2.05) is 0 Å². The summed E-state index contributed by atoms with van der Waals surface area (Å²) in [6, 6.07) is 0. The predicted molar refractivity (Wildman–Crippen MR) is 67.7 cm³/mol. The number of fused-ring (bicyclic) bond motifs is 1. The highest BCUT2D eigenvalue weighted by atomic mass is 16.5. The third kappa shape index (κ3) is 3.07. The Hall–Kier alpha value is -0.870. The quantitative estimate of drug-likeness (QED) is 0.848. The van der Waals surface area contributed by atoms with Crippen LogP contribution in [0.4, 0.5) is 0 Å². The molecule has 0 atom stereocenters. The van der Waals surface area contributed by atoms with Crippen LogP contribution in [0.1, 0.15) is 37.8 Å². The van der Waals surface area contributed by atoms with Crippen molar-refractivity contribution in [3.05, 3.63) is 17.0 Å². The van der Waals surface area contributed by atoms with E-state index in [0.29, 0.717) is 5.92 Å². The van der Waals surface area contributed by atoms with Crippen LogP contribution in [0.3, 0.4) is 0 Å². The number of likely N-dealkylation sites (N-methyl/N-ethyl adjacent to an activating group) is 1. The molecule has 0 unspecified atom stereocenters. The van der Waals surface area contributed by atoms with Gasteiger partial charge in [0.05, 0.1) is 0 Å². The molecule has 1 aliphatic heterocycles. The van der Waals surface area contributed by atoms with E-state index in [-0.39, 0.29) is 0 Å². The van der Waals surface area contributed by atoms with E-state index in [1.165, 1.54) is 5.56 Å². The predicted octanol–water partition coefficient (Wildman–Crippen LogP) is 1.80. The van der Waals surface area contributed by atoms with Crippen LogP contribution in [0.2, 0.25) is 0 Å². The second-order valence-corrected chi connectivity index (χ2v) is 5.17. The monoisotopic (exact) mass is 237 g/mol. The van der Waals surface area contributed by atoms with Crippen molar-refractivity contribution < 1.29 is 4.52 Å². The van der Waals surface area contributed by atoms with Crippen LogP contribution in [0.15, 0.2) is 4.52 Å². The zero-order valence-corrected chi connectivity index (χ0v) is 11.1. The minimum Gasteiger partial charge on any atom is -0.361 e. The summed E-state index contributed by atoms with van der Waals surface area (Å²) in [5.74, 6) is 1.76. The average molecular weight is 237 g/mol. The molecule has 0 fully saturated rings.